The average molecular weight is 197 g/mol. The van der Waals surface area contributed by atoms with Gasteiger partial charge >= 0.3 is 0 Å². The van der Waals surface area contributed by atoms with Gasteiger partial charge in [0.15, 0.2) is 0 Å². The van der Waals surface area contributed by atoms with Crippen molar-refractivity contribution in [2.24, 2.45) is 5.92 Å². The molecule has 72 valence electrons. The van der Waals surface area contributed by atoms with Crippen LogP contribution in [0, 0.1) is 5.92 Å². The normalized spacial score (nSPS) is 18.8. The molecule has 0 radical (unpaired) electrons. The van der Waals surface area contributed by atoms with Gasteiger partial charge in [0.2, 0.25) is 5.13 Å². The van der Waals surface area contributed by atoms with Crippen LogP contribution in [0.2, 0.25) is 0 Å². The van der Waals surface area contributed by atoms with Crippen LogP contribution in [0.25, 0.3) is 0 Å². The summed E-state index contributed by atoms with van der Waals surface area (Å²) in [6.07, 6.45) is 7.00. The highest BCUT2D eigenvalue weighted by molar-refractivity contribution is 7.13. The van der Waals surface area contributed by atoms with Crippen LogP contribution in [-0.2, 0) is 0 Å². The fourth-order valence-corrected chi connectivity index (χ4v) is 2.33. The van der Waals surface area contributed by atoms with E-state index in [0.29, 0.717) is 0 Å². The molecule has 1 aromatic heterocycles. The summed E-state index contributed by atoms with van der Waals surface area (Å²) in [5.74, 6) is 0.859. The van der Waals surface area contributed by atoms with Crippen molar-refractivity contribution in [2.45, 2.75) is 32.1 Å². The maximum Gasteiger partial charge on any atom is 0.205 e. The van der Waals surface area contributed by atoms with Gasteiger partial charge in [-0.15, -0.1) is 10.2 Å². The molecule has 0 bridgehead atoms. The Morgan fingerprint density at radius 3 is 2.92 bits per heavy atom. The summed E-state index contributed by atoms with van der Waals surface area (Å²) in [6, 6.07) is 0. The Morgan fingerprint density at radius 2 is 2.23 bits per heavy atom. The smallest absolute Gasteiger partial charge is 0.205 e. The molecule has 1 aliphatic carbocycles. The summed E-state index contributed by atoms with van der Waals surface area (Å²) < 4.78 is 0. The molecule has 13 heavy (non-hydrogen) atoms. The van der Waals surface area contributed by atoms with Gasteiger partial charge in [0.05, 0.1) is 0 Å². The Bertz CT molecular complexity index is 229. The molecule has 0 aliphatic heterocycles. The van der Waals surface area contributed by atoms with Crippen molar-refractivity contribution >= 4 is 16.5 Å². The molecule has 4 heteroatoms. The lowest BCUT2D eigenvalue weighted by Crippen LogP contribution is -2.16. The molecule has 0 aromatic carbocycles. The van der Waals surface area contributed by atoms with Gasteiger partial charge in [-0.3, -0.25) is 0 Å². The van der Waals surface area contributed by atoms with Crippen LogP contribution in [0.15, 0.2) is 5.51 Å². The van der Waals surface area contributed by atoms with Gasteiger partial charge in [-0.1, -0.05) is 30.6 Å². The molecule has 2 rings (SSSR count). The molecule has 0 spiro atoms. The Balaban J connectivity index is 1.72. The summed E-state index contributed by atoms with van der Waals surface area (Å²) in [4.78, 5) is 0. The fraction of sp³-hybridized carbons (Fsp3) is 0.778. The number of rotatable bonds is 3. The first-order valence-electron chi connectivity index (χ1n) is 4.95. The third-order valence-electron chi connectivity index (χ3n) is 2.63. The number of nitrogens with zero attached hydrogens (tertiary/aromatic N) is 2. The van der Waals surface area contributed by atoms with E-state index in [1.54, 1.807) is 16.8 Å². The van der Waals surface area contributed by atoms with Crippen LogP contribution in [0.3, 0.4) is 0 Å². The second kappa shape index (κ2) is 4.56. The summed E-state index contributed by atoms with van der Waals surface area (Å²) >= 11 is 1.58. The minimum absolute atomic E-state index is 0.859. The minimum atomic E-state index is 0.859. The number of aromatic nitrogens is 2. The highest BCUT2D eigenvalue weighted by atomic mass is 32.1. The van der Waals surface area contributed by atoms with Crippen LogP contribution in [0.5, 0.6) is 0 Å². The van der Waals surface area contributed by atoms with Crippen molar-refractivity contribution in [1.82, 2.24) is 10.2 Å². The quantitative estimate of drug-likeness (QED) is 0.809. The van der Waals surface area contributed by atoms with Crippen LogP contribution in [0.1, 0.15) is 32.1 Å². The minimum Gasteiger partial charge on any atom is -0.360 e. The van der Waals surface area contributed by atoms with Gasteiger partial charge in [-0.25, -0.2) is 0 Å². The van der Waals surface area contributed by atoms with Crippen molar-refractivity contribution in [2.75, 3.05) is 11.9 Å². The van der Waals surface area contributed by atoms with Crippen molar-refractivity contribution in [1.29, 1.82) is 0 Å². The van der Waals surface area contributed by atoms with E-state index in [1.165, 1.54) is 32.1 Å². The third-order valence-corrected chi connectivity index (χ3v) is 3.28. The lowest BCUT2D eigenvalue weighted by atomic mass is 9.89. The second-order valence-corrected chi connectivity index (χ2v) is 4.46. The highest BCUT2D eigenvalue weighted by Crippen LogP contribution is 2.23. The number of hydrogen-bond donors (Lipinski definition) is 1. The fourth-order valence-electron chi connectivity index (χ4n) is 1.87. The monoisotopic (exact) mass is 197 g/mol. The highest BCUT2D eigenvalue weighted by Gasteiger charge is 2.13. The number of anilines is 1. The lowest BCUT2D eigenvalue weighted by Gasteiger charge is -2.21. The van der Waals surface area contributed by atoms with E-state index in [2.05, 4.69) is 15.5 Å². The largest absolute Gasteiger partial charge is 0.360 e. The van der Waals surface area contributed by atoms with Crippen molar-refractivity contribution in [3.8, 4) is 0 Å². The number of nitrogens with one attached hydrogen (secondary N) is 1. The molecular formula is C9H15N3S. The molecule has 0 amide bonds. The van der Waals surface area contributed by atoms with E-state index >= 15 is 0 Å². The van der Waals surface area contributed by atoms with Crippen LogP contribution in [0.4, 0.5) is 5.13 Å². The van der Waals surface area contributed by atoms with Crippen molar-refractivity contribution in [3.63, 3.8) is 0 Å². The van der Waals surface area contributed by atoms with E-state index in [4.69, 9.17) is 0 Å². The molecule has 1 heterocycles. The summed E-state index contributed by atoms with van der Waals surface area (Å²) in [6.45, 7) is 1.08. The predicted molar refractivity (Wildman–Crippen MR) is 55.0 cm³/mol. The molecule has 0 atom stereocenters. The Morgan fingerprint density at radius 1 is 1.38 bits per heavy atom. The molecule has 3 nitrogen and oxygen atoms in total. The SMILES string of the molecule is c1nnc(NCC2CCCCC2)s1. The molecule has 0 unspecified atom stereocenters. The van der Waals surface area contributed by atoms with Crippen molar-refractivity contribution < 1.29 is 0 Å². The first-order chi connectivity index (χ1) is 6.45. The molecule has 1 fully saturated rings. The first-order valence-corrected chi connectivity index (χ1v) is 5.83. The Kier molecular flexibility index (Phi) is 3.13. The van der Waals surface area contributed by atoms with Crippen LogP contribution in [-0.4, -0.2) is 16.7 Å². The lowest BCUT2D eigenvalue weighted by molar-refractivity contribution is 0.373. The maximum atomic E-state index is 3.96. The number of hydrogen-bond acceptors (Lipinski definition) is 4. The third kappa shape index (κ3) is 2.66. The van der Waals surface area contributed by atoms with Gasteiger partial charge in [-0.05, 0) is 18.8 Å². The van der Waals surface area contributed by atoms with Crippen LogP contribution < -0.4 is 5.32 Å². The molecule has 1 N–H and O–H groups in total. The van der Waals surface area contributed by atoms with Gasteiger partial charge < -0.3 is 5.32 Å². The Labute approximate surface area is 82.6 Å². The molecular weight excluding hydrogens is 182 g/mol. The molecule has 1 aromatic rings. The second-order valence-electron chi connectivity index (χ2n) is 3.63. The standard InChI is InChI=1S/C9H15N3S/c1-2-4-8(5-3-1)6-10-9-12-11-7-13-9/h7-8H,1-6H2,(H,10,12). The average Bonchev–Trinajstić information content (AvgIpc) is 2.69. The molecule has 1 aliphatic rings. The van der Waals surface area contributed by atoms with Gasteiger partial charge in [0, 0.05) is 6.54 Å². The van der Waals surface area contributed by atoms with Gasteiger partial charge in [0.1, 0.15) is 5.51 Å². The summed E-state index contributed by atoms with van der Waals surface area (Å²) in [5.41, 5.74) is 1.77. The zero-order valence-corrected chi connectivity index (χ0v) is 8.52. The molecule has 1 saturated carbocycles. The zero-order chi connectivity index (χ0) is 8.93. The van der Waals surface area contributed by atoms with E-state index < -0.39 is 0 Å². The summed E-state index contributed by atoms with van der Waals surface area (Å²) in [5, 5.41) is 12.1. The van der Waals surface area contributed by atoms with Gasteiger partial charge in [-0.2, -0.15) is 0 Å². The summed E-state index contributed by atoms with van der Waals surface area (Å²) in [7, 11) is 0. The van der Waals surface area contributed by atoms with E-state index in [0.717, 1.165) is 17.6 Å². The van der Waals surface area contributed by atoms with Crippen LogP contribution >= 0.6 is 11.3 Å². The van der Waals surface area contributed by atoms with E-state index in [-0.39, 0.29) is 0 Å². The van der Waals surface area contributed by atoms with E-state index in [1.807, 2.05) is 0 Å². The Hall–Kier alpha value is -0.640. The van der Waals surface area contributed by atoms with Gasteiger partial charge in [0.25, 0.3) is 0 Å². The maximum absolute atomic E-state index is 3.96. The first kappa shape index (κ1) is 8.94. The predicted octanol–water partition coefficient (Wildman–Crippen LogP) is 2.53. The van der Waals surface area contributed by atoms with E-state index in [9.17, 15) is 0 Å². The zero-order valence-electron chi connectivity index (χ0n) is 7.70. The van der Waals surface area contributed by atoms with Crippen molar-refractivity contribution in [3.05, 3.63) is 5.51 Å². The molecule has 0 saturated heterocycles. The topological polar surface area (TPSA) is 37.8 Å².